The van der Waals surface area contributed by atoms with E-state index >= 15 is 0 Å². The van der Waals surface area contributed by atoms with E-state index in [1.54, 1.807) is 15.5 Å². The monoisotopic (exact) mass is 388 g/mol. The lowest BCUT2D eigenvalue weighted by Crippen LogP contribution is -2.34. The molecular formula is C18H18ClFN6O. The summed E-state index contributed by atoms with van der Waals surface area (Å²) in [5, 5.41) is 7.46. The van der Waals surface area contributed by atoms with Crippen LogP contribution in [0.25, 0.3) is 5.78 Å². The summed E-state index contributed by atoms with van der Waals surface area (Å²) in [5.41, 5.74) is 1.36. The second kappa shape index (κ2) is 6.77. The molecule has 1 atom stereocenters. The molecule has 1 unspecified atom stereocenters. The zero-order chi connectivity index (χ0) is 19.1. The van der Waals surface area contributed by atoms with Gasteiger partial charge in [0.2, 0.25) is 5.91 Å². The van der Waals surface area contributed by atoms with E-state index in [-0.39, 0.29) is 16.8 Å². The smallest absolute Gasteiger partial charge is 0.254 e. The van der Waals surface area contributed by atoms with Crippen molar-refractivity contribution < 1.29 is 9.18 Å². The average molecular weight is 389 g/mol. The summed E-state index contributed by atoms with van der Waals surface area (Å²) < 4.78 is 15.3. The molecule has 1 N–H and O–H groups in total. The normalized spacial score (nSPS) is 17.3. The molecule has 3 aromatic rings. The van der Waals surface area contributed by atoms with Crippen molar-refractivity contribution in [2.24, 2.45) is 0 Å². The number of carbonyl (C=O) groups is 1. The number of hydrogen-bond acceptors (Lipinski definition) is 5. The molecule has 27 heavy (non-hydrogen) atoms. The highest BCUT2D eigenvalue weighted by Gasteiger charge is 2.33. The number of carbonyl (C=O) groups excluding carboxylic acids is 1. The standard InChI is InChI=1S/C18H18ClFN6O/c1-10(2)15-8-16(26-18(24-15)21-9-22-26)23-14-5-6-25(17(14)27)11-3-4-12(19)13(20)7-11/h3-4,7-10,14,23H,5-6H2,1-2H3. The Labute approximate surface area is 160 Å². The van der Waals surface area contributed by atoms with Crippen molar-refractivity contribution in [1.82, 2.24) is 19.6 Å². The third-order valence-electron chi connectivity index (χ3n) is 4.61. The molecule has 1 aliphatic rings. The number of anilines is 2. The number of benzene rings is 1. The summed E-state index contributed by atoms with van der Waals surface area (Å²) in [6.45, 7) is 4.56. The SMILES string of the molecule is CC(C)c1cc(NC2CCN(c3ccc(Cl)c(F)c3)C2=O)n2ncnc2n1. The molecular weight excluding hydrogens is 371 g/mol. The van der Waals surface area contributed by atoms with E-state index in [2.05, 4.69) is 20.4 Å². The van der Waals surface area contributed by atoms with Crippen LogP contribution < -0.4 is 10.2 Å². The average Bonchev–Trinajstić information content (AvgIpc) is 3.25. The molecule has 0 bridgehead atoms. The summed E-state index contributed by atoms with van der Waals surface area (Å²) in [6.07, 6.45) is 2.01. The first kappa shape index (κ1) is 17.7. The molecule has 0 spiro atoms. The van der Waals surface area contributed by atoms with E-state index in [1.165, 1.54) is 18.5 Å². The number of hydrogen-bond donors (Lipinski definition) is 1. The Morgan fingerprint density at radius 1 is 1.33 bits per heavy atom. The number of aromatic nitrogens is 4. The third kappa shape index (κ3) is 3.21. The van der Waals surface area contributed by atoms with Crippen LogP contribution >= 0.6 is 11.6 Å². The highest BCUT2D eigenvalue weighted by Crippen LogP contribution is 2.27. The van der Waals surface area contributed by atoms with E-state index in [9.17, 15) is 9.18 Å². The van der Waals surface area contributed by atoms with Crippen molar-refractivity contribution in [3.63, 3.8) is 0 Å². The molecule has 140 valence electrons. The molecule has 1 amide bonds. The van der Waals surface area contributed by atoms with Gasteiger partial charge in [-0.15, -0.1) is 0 Å². The summed E-state index contributed by atoms with van der Waals surface area (Å²) in [6, 6.07) is 5.81. The van der Waals surface area contributed by atoms with E-state index in [0.29, 0.717) is 30.2 Å². The summed E-state index contributed by atoms with van der Waals surface area (Å²) in [7, 11) is 0. The van der Waals surface area contributed by atoms with Crippen LogP contribution in [-0.2, 0) is 4.79 Å². The van der Waals surface area contributed by atoms with Crippen LogP contribution in [0.1, 0.15) is 31.9 Å². The molecule has 1 saturated heterocycles. The minimum atomic E-state index is -0.543. The number of halogens is 2. The van der Waals surface area contributed by atoms with Crippen LogP contribution in [0, 0.1) is 5.82 Å². The van der Waals surface area contributed by atoms with Crippen molar-refractivity contribution in [3.8, 4) is 0 Å². The maximum absolute atomic E-state index is 13.8. The van der Waals surface area contributed by atoms with E-state index in [0.717, 1.165) is 5.69 Å². The number of nitrogens with one attached hydrogen (secondary N) is 1. The van der Waals surface area contributed by atoms with Gasteiger partial charge in [0, 0.05) is 18.3 Å². The van der Waals surface area contributed by atoms with Crippen LogP contribution in [0.2, 0.25) is 5.02 Å². The maximum Gasteiger partial charge on any atom is 0.254 e. The van der Waals surface area contributed by atoms with Gasteiger partial charge in [-0.05, 0) is 30.5 Å². The van der Waals surface area contributed by atoms with E-state index < -0.39 is 11.9 Å². The van der Waals surface area contributed by atoms with Gasteiger partial charge < -0.3 is 10.2 Å². The first-order valence-electron chi connectivity index (χ1n) is 8.67. The highest BCUT2D eigenvalue weighted by atomic mass is 35.5. The highest BCUT2D eigenvalue weighted by molar-refractivity contribution is 6.30. The quantitative estimate of drug-likeness (QED) is 0.742. The first-order valence-corrected chi connectivity index (χ1v) is 9.05. The Morgan fingerprint density at radius 2 is 2.15 bits per heavy atom. The molecule has 3 heterocycles. The largest absolute Gasteiger partial charge is 0.358 e. The summed E-state index contributed by atoms with van der Waals surface area (Å²) in [4.78, 5) is 23.0. The molecule has 1 aromatic carbocycles. The Balaban J connectivity index is 1.60. The fourth-order valence-electron chi connectivity index (χ4n) is 3.13. The lowest BCUT2D eigenvalue weighted by Gasteiger charge is -2.18. The van der Waals surface area contributed by atoms with Crippen LogP contribution in [-0.4, -0.2) is 38.1 Å². The molecule has 1 fully saturated rings. The lowest BCUT2D eigenvalue weighted by molar-refractivity contribution is -0.117. The van der Waals surface area contributed by atoms with Gasteiger partial charge in [-0.1, -0.05) is 25.4 Å². The lowest BCUT2D eigenvalue weighted by atomic mass is 10.1. The Bertz CT molecular complexity index is 1020. The zero-order valence-electron chi connectivity index (χ0n) is 14.9. The van der Waals surface area contributed by atoms with Crippen LogP contribution in [0.15, 0.2) is 30.6 Å². The topological polar surface area (TPSA) is 75.4 Å². The number of amides is 1. The maximum atomic E-state index is 13.8. The van der Waals surface area contributed by atoms with Crippen LogP contribution in [0.4, 0.5) is 15.9 Å². The van der Waals surface area contributed by atoms with E-state index in [1.807, 2.05) is 19.9 Å². The molecule has 9 heteroatoms. The predicted molar refractivity (Wildman–Crippen MR) is 101 cm³/mol. The Hall–Kier alpha value is -2.74. The molecule has 0 radical (unpaired) electrons. The van der Waals surface area contributed by atoms with Gasteiger partial charge in [0.15, 0.2) is 0 Å². The molecule has 1 aliphatic heterocycles. The van der Waals surface area contributed by atoms with Gasteiger partial charge >= 0.3 is 0 Å². The number of rotatable bonds is 4. The van der Waals surface area contributed by atoms with Gasteiger partial charge in [0.1, 0.15) is 24.0 Å². The summed E-state index contributed by atoms with van der Waals surface area (Å²) in [5.74, 6) is 0.667. The van der Waals surface area contributed by atoms with Crippen molar-refractivity contribution >= 4 is 34.8 Å². The van der Waals surface area contributed by atoms with Gasteiger partial charge in [-0.3, -0.25) is 4.79 Å². The minimum Gasteiger partial charge on any atom is -0.358 e. The van der Waals surface area contributed by atoms with E-state index in [4.69, 9.17) is 11.6 Å². The zero-order valence-corrected chi connectivity index (χ0v) is 15.6. The Kier molecular flexibility index (Phi) is 4.43. The number of nitrogens with zero attached hydrogens (tertiary/aromatic N) is 5. The second-order valence-corrected chi connectivity index (χ2v) is 7.17. The first-order chi connectivity index (χ1) is 12.9. The predicted octanol–water partition coefficient (Wildman–Crippen LogP) is 3.26. The third-order valence-corrected chi connectivity index (χ3v) is 4.91. The molecule has 7 nitrogen and oxygen atoms in total. The minimum absolute atomic E-state index is 0.0339. The van der Waals surface area contributed by atoms with Gasteiger partial charge in [-0.25, -0.2) is 9.37 Å². The van der Waals surface area contributed by atoms with Crippen molar-refractivity contribution in [2.45, 2.75) is 32.2 Å². The van der Waals surface area contributed by atoms with Crippen LogP contribution in [0.5, 0.6) is 0 Å². The van der Waals surface area contributed by atoms with Gasteiger partial charge in [0.05, 0.1) is 10.7 Å². The Morgan fingerprint density at radius 3 is 2.89 bits per heavy atom. The van der Waals surface area contributed by atoms with Crippen molar-refractivity contribution in [2.75, 3.05) is 16.8 Å². The van der Waals surface area contributed by atoms with Crippen molar-refractivity contribution in [1.29, 1.82) is 0 Å². The second-order valence-electron chi connectivity index (χ2n) is 6.77. The molecule has 2 aromatic heterocycles. The fraction of sp³-hybridized carbons (Fsp3) is 0.333. The van der Waals surface area contributed by atoms with Gasteiger partial charge in [-0.2, -0.15) is 14.6 Å². The van der Waals surface area contributed by atoms with Gasteiger partial charge in [0.25, 0.3) is 5.78 Å². The molecule has 0 aliphatic carbocycles. The number of fused-ring (bicyclic) bond motifs is 1. The van der Waals surface area contributed by atoms with Crippen LogP contribution in [0.3, 0.4) is 0 Å². The summed E-state index contributed by atoms with van der Waals surface area (Å²) >= 11 is 5.73. The molecule has 0 saturated carbocycles. The fourth-order valence-corrected chi connectivity index (χ4v) is 3.25. The molecule has 4 rings (SSSR count). The van der Waals surface area contributed by atoms with Crippen molar-refractivity contribution in [3.05, 3.63) is 47.1 Å².